The maximum atomic E-state index is 12.7. The lowest BCUT2D eigenvalue weighted by Crippen LogP contribution is -2.14. The Labute approximate surface area is 302 Å². The maximum Gasteiger partial charge on any atom is 0.343 e. The third-order valence-corrected chi connectivity index (χ3v) is 10.3. The van der Waals surface area contributed by atoms with Crippen molar-refractivity contribution in [2.24, 2.45) is 0 Å². The number of aryl methyl sites for hydroxylation is 4. The summed E-state index contributed by atoms with van der Waals surface area (Å²) in [6.07, 6.45) is 0. The smallest absolute Gasteiger partial charge is 0.343 e. The first kappa shape index (κ1) is 37.7. The Morgan fingerprint density at radius 3 is 1.60 bits per heavy atom. The minimum absolute atomic E-state index is 0.142. The van der Waals surface area contributed by atoms with Crippen molar-refractivity contribution in [3.63, 3.8) is 0 Å². The zero-order valence-corrected chi connectivity index (χ0v) is 30.7. The first-order valence-corrected chi connectivity index (χ1v) is 18.6. The number of anilines is 4. The number of carboxylic acid groups (broad SMARTS) is 1. The van der Waals surface area contributed by atoms with Crippen molar-refractivity contribution in [1.29, 1.82) is 0 Å². The highest BCUT2D eigenvalue weighted by Gasteiger charge is 2.33. The quantitative estimate of drug-likeness (QED) is 0.0478. The summed E-state index contributed by atoms with van der Waals surface area (Å²) >= 11 is 0. The van der Waals surface area contributed by atoms with Crippen molar-refractivity contribution in [3.8, 4) is 11.5 Å². The molecular formula is C38H37N2O10S2+. The van der Waals surface area contributed by atoms with E-state index in [1.807, 2.05) is 39.8 Å². The molecule has 270 valence electrons. The van der Waals surface area contributed by atoms with Crippen LogP contribution in [0.2, 0.25) is 0 Å². The third-order valence-electron chi connectivity index (χ3n) is 8.52. The van der Waals surface area contributed by atoms with Gasteiger partial charge in [-0.1, -0.05) is 0 Å². The summed E-state index contributed by atoms with van der Waals surface area (Å²) in [5.41, 5.74) is 6.23. The van der Waals surface area contributed by atoms with E-state index in [2.05, 4.69) is 10.6 Å². The molecule has 0 heterocycles. The van der Waals surface area contributed by atoms with Crippen LogP contribution in [0.25, 0.3) is 0 Å². The molecule has 0 saturated carbocycles. The molecular weight excluding hydrogens is 709 g/mol. The second-order valence-corrected chi connectivity index (χ2v) is 15.0. The van der Waals surface area contributed by atoms with E-state index in [9.17, 15) is 35.8 Å². The van der Waals surface area contributed by atoms with Gasteiger partial charge in [-0.15, -0.1) is 0 Å². The predicted octanol–water partition coefficient (Wildman–Crippen LogP) is 7.64. The van der Waals surface area contributed by atoms with Crippen LogP contribution in [0.5, 0.6) is 11.5 Å². The normalized spacial score (nSPS) is 11.5. The maximum absolute atomic E-state index is 12.7. The average Bonchev–Trinajstić information content (AvgIpc) is 3.08. The van der Waals surface area contributed by atoms with Crippen LogP contribution in [0.1, 0.15) is 49.3 Å². The Morgan fingerprint density at radius 2 is 1.13 bits per heavy atom. The molecule has 0 saturated heterocycles. The van der Waals surface area contributed by atoms with Crippen LogP contribution in [0.4, 0.5) is 22.7 Å². The van der Waals surface area contributed by atoms with Gasteiger partial charge < -0.3 is 25.2 Å². The van der Waals surface area contributed by atoms with Crippen molar-refractivity contribution >= 4 is 49.0 Å². The Hall–Kier alpha value is -5.54. The standard InChI is InChI=1S/C38H36N2O10S2/c1-21-15-28(49-5)16-22(2)36(21)39-27-10-7-25(8-11-27)35(31-13-12-30(51(43,44)45)20-34(31)52(46,47)48)26-9-14-33(32(19-26)38(41)42)40-37-23(3)17-29(50-6)18-24(37)4/h7-20,39-40H,1-6H3,(H2-,41,42,43,44,45,46,47,48)/p+1. The van der Waals surface area contributed by atoms with Crippen molar-refractivity contribution in [1.82, 2.24) is 0 Å². The van der Waals surface area contributed by atoms with Crippen molar-refractivity contribution in [2.45, 2.75) is 37.5 Å². The van der Waals surface area contributed by atoms with Crippen LogP contribution < -0.4 is 20.1 Å². The van der Waals surface area contributed by atoms with E-state index in [1.165, 1.54) is 12.1 Å². The Kier molecular flexibility index (Phi) is 10.6. The number of aromatic carboxylic acids is 1. The molecule has 5 aromatic rings. The van der Waals surface area contributed by atoms with E-state index in [1.54, 1.807) is 56.7 Å². The van der Waals surface area contributed by atoms with Crippen LogP contribution in [-0.2, 0) is 20.2 Å². The van der Waals surface area contributed by atoms with Crippen LogP contribution in [0, 0.1) is 33.6 Å². The number of hydrogen-bond donors (Lipinski definition) is 5. The lowest BCUT2D eigenvalue weighted by Gasteiger charge is -2.19. The molecule has 0 amide bonds. The summed E-state index contributed by atoms with van der Waals surface area (Å²) < 4.78 is 80.1. The monoisotopic (exact) mass is 745 g/mol. The summed E-state index contributed by atoms with van der Waals surface area (Å²) in [7, 11) is -6.82. The average molecular weight is 746 g/mol. The van der Waals surface area contributed by atoms with Gasteiger partial charge in [0.25, 0.3) is 10.1 Å². The molecule has 0 aromatic heterocycles. The number of nitrogens with one attached hydrogen (secondary N) is 2. The van der Waals surface area contributed by atoms with Crippen LogP contribution >= 0.6 is 0 Å². The molecule has 0 aliphatic carbocycles. The number of hydrogen-bond acceptors (Lipinski definition) is 9. The number of rotatable bonds is 12. The fourth-order valence-corrected chi connectivity index (χ4v) is 7.33. The first-order valence-electron chi connectivity index (χ1n) is 15.7. The zero-order chi connectivity index (χ0) is 38.1. The second-order valence-electron chi connectivity index (χ2n) is 12.1. The van der Waals surface area contributed by atoms with Gasteiger partial charge in [0.05, 0.1) is 42.5 Å². The van der Waals surface area contributed by atoms with E-state index in [0.717, 1.165) is 40.1 Å². The lowest BCUT2D eigenvalue weighted by molar-refractivity contribution is 0.0697. The zero-order valence-electron chi connectivity index (χ0n) is 29.1. The third kappa shape index (κ3) is 8.00. The Balaban J connectivity index is 1.67. The highest BCUT2D eigenvalue weighted by atomic mass is 32.2. The van der Waals surface area contributed by atoms with Gasteiger partial charge in [-0.2, -0.15) is 16.8 Å². The van der Waals surface area contributed by atoms with E-state index in [4.69, 9.17) is 9.47 Å². The van der Waals surface area contributed by atoms with Gasteiger partial charge >= 0.3 is 16.1 Å². The highest BCUT2D eigenvalue weighted by molar-refractivity contribution is 7.86. The molecule has 0 unspecified atom stereocenters. The van der Waals surface area contributed by atoms with Crippen LogP contribution in [0.3, 0.4) is 0 Å². The summed E-state index contributed by atoms with van der Waals surface area (Å²) in [5, 5.41) is 16.9. The van der Waals surface area contributed by atoms with Gasteiger partial charge in [0, 0.05) is 29.2 Å². The molecule has 12 nitrogen and oxygen atoms in total. The minimum Gasteiger partial charge on any atom is -0.497 e. The SMILES string of the molecule is COc1cc(C)c(Nc2ccc([C+](c3ccc(Nc4c(C)cc(OC)cc4C)c(C(=O)O)c3)c3ccc(S(=O)(=O)O)cc3S(=O)(=O)O)cc2)c(C)c1. The number of methoxy groups -OCH3 is 2. The van der Waals surface area contributed by atoms with E-state index in [-0.39, 0.29) is 28.3 Å². The van der Waals surface area contributed by atoms with Gasteiger partial charge in [-0.05, 0) is 123 Å². The second kappa shape index (κ2) is 14.6. The lowest BCUT2D eigenvalue weighted by atomic mass is 9.84. The van der Waals surface area contributed by atoms with Crippen LogP contribution in [-0.4, -0.2) is 51.2 Å². The summed E-state index contributed by atoms with van der Waals surface area (Å²) in [6, 6.07) is 21.5. The molecule has 5 aromatic carbocycles. The van der Waals surface area contributed by atoms with E-state index < -0.39 is 36.0 Å². The van der Waals surface area contributed by atoms with Crippen LogP contribution in [0.15, 0.2) is 94.7 Å². The molecule has 5 N–H and O–H groups in total. The summed E-state index contributed by atoms with van der Waals surface area (Å²) in [6.45, 7) is 7.56. The molecule has 0 atom stereocenters. The van der Waals surface area contributed by atoms with Crippen molar-refractivity contribution in [2.75, 3.05) is 24.9 Å². The van der Waals surface area contributed by atoms with Crippen molar-refractivity contribution < 1.29 is 45.3 Å². The van der Waals surface area contributed by atoms with E-state index in [0.29, 0.717) is 34.5 Å². The van der Waals surface area contributed by atoms with Crippen molar-refractivity contribution in [3.05, 3.63) is 135 Å². The first-order chi connectivity index (χ1) is 24.4. The largest absolute Gasteiger partial charge is 0.497 e. The number of carbonyl (C=O) groups is 1. The molecule has 0 spiro atoms. The van der Waals surface area contributed by atoms with E-state index >= 15 is 0 Å². The molecule has 0 bridgehead atoms. The molecule has 5 rings (SSSR count). The molecule has 0 aliphatic heterocycles. The summed E-state index contributed by atoms with van der Waals surface area (Å²) in [4.78, 5) is 11.1. The number of ether oxygens (including phenoxy) is 2. The van der Waals surface area contributed by atoms with Gasteiger partial charge in [0.15, 0.2) is 0 Å². The predicted molar refractivity (Wildman–Crippen MR) is 198 cm³/mol. The highest BCUT2D eigenvalue weighted by Crippen LogP contribution is 2.39. The molecule has 52 heavy (non-hydrogen) atoms. The molecule has 0 aliphatic rings. The van der Waals surface area contributed by atoms with Gasteiger partial charge in [0.1, 0.15) is 26.9 Å². The minimum atomic E-state index is -5.09. The fraction of sp³-hybridized carbons (Fsp3) is 0.158. The molecule has 0 fully saturated rings. The van der Waals surface area contributed by atoms with Gasteiger partial charge in [-0.25, -0.2) is 4.79 Å². The topological polar surface area (TPSA) is 189 Å². The summed E-state index contributed by atoms with van der Waals surface area (Å²) in [5.74, 6) is 0.220. The molecule has 14 heteroatoms. The Bertz CT molecular complexity index is 2360. The molecule has 0 radical (unpaired) electrons. The van der Waals surface area contributed by atoms with Gasteiger partial charge in [-0.3, -0.25) is 9.11 Å². The number of benzene rings is 5. The van der Waals surface area contributed by atoms with Gasteiger partial charge in [0.2, 0.25) is 0 Å². The Morgan fingerprint density at radius 1 is 0.635 bits per heavy atom. The number of carboxylic acids is 1. The fourth-order valence-electron chi connectivity index (χ4n) is 6.02.